The summed E-state index contributed by atoms with van der Waals surface area (Å²) in [5.74, 6) is 1.08. The van der Waals surface area contributed by atoms with Gasteiger partial charge in [-0.3, -0.25) is 0 Å². The summed E-state index contributed by atoms with van der Waals surface area (Å²) in [5.41, 5.74) is 1.84. The molecule has 2 aromatic carbocycles. The molecule has 0 aliphatic rings. The monoisotopic (exact) mass is 427 g/mol. The van der Waals surface area contributed by atoms with Gasteiger partial charge in [-0.05, 0) is 48.7 Å². The lowest BCUT2D eigenvalue weighted by atomic mass is 10.0. The molecule has 0 fully saturated rings. The van der Waals surface area contributed by atoms with Gasteiger partial charge in [-0.15, -0.1) is 0 Å². The molecule has 0 aliphatic heterocycles. The Kier molecular flexibility index (Phi) is 6.48. The highest BCUT2D eigenvalue weighted by molar-refractivity contribution is 9.10. The van der Waals surface area contributed by atoms with Crippen LogP contribution in [-0.4, -0.2) is 22.6 Å². The van der Waals surface area contributed by atoms with Gasteiger partial charge in [0.25, 0.3) is 0 Å². The first-order valence-corrected chi connectivity index (χ1v) is 10.1. The Morgan fingerprint density at radius 2 is 1.72 bits per heavy atom. The molecule has 0 aromatic heterocycles. The Bertz CT molecular complexity index is 852. The summed E-state index contributed by atoms with van der Waals surface area (Å²) in [7, 11) is -0.686. The first-order chi connectivity index (χ1) is 11.8. The maximum atomic E-state index is 12.9. The zero-order valence-corrected chi connectivity index (χ0v) is 17.1. The molecule has 0 amide bonds. The van der Waals surface area contributed by atoms with Crippen LogP contribution in [0, 0.1) is 6.92 Å². The number of nitrogens with one attached hydrogen (secondary N) is 1. The number of aryl methyl sites for hydroxylation is 1. The minimum Gasteiger partial charge on any atom is -0.496 e. The van der Waals surface area contributed by atoms with Crippen molar-refractivity contribution in [3.05, 3.63) is 52.0 Å². The van der Waals surface area contributed by atoms with E-state index in [0.29, 0.717) is 16.6 Å². The van der Waals surface area contributed by atoms with Gasteiger partial charge in [0, 0.05) is 10.5 Å². The topological polar surface area (TPSA) is 64.6 Å². The standard InChI is InChI=1S/C18H22BrNO4S/c1-5-15(13-6-8-16(23-3)12(2)10-13)20-25(21,22)18-11-14(19)7-9-17(18)24-4/h6-11,15,20H,5H2,1-4H3/t15-/m1/s1. The summed E-state index contributed by atoms with van der Waals surface area (Å²) in [6.07, 6.45) is 0.612. The smallest absolute Gasteiger partial charge is 0.244 e. The van der Waals surface area contributed by atoms with Crippen molar-refractivity contribution >= 4 is 26.0 Å². The van der Waals surface area contributed by atoms with Gasteiger partial charge in [-0.1, -0.05) is 35.0 Å². The Morgan fingerprint density at radius 1 is 1.08 bits per heavy atom. The van der Waals surface area contributed by atoms with Crippen LogP contribution in [0.4, 0.5) is 0 Å². The molecule has 0 unspecified atom stereocenters. The highest BCUT2D eigenvalue weighted by Gasteiger charge is 2.24. The summed E-state index contributed by atoms with van der Waals surface area (Å²) >= 11 is 3.31. The highest BCUT2D eigenvalue weighted by atomic mass is 79.9. The zero-order valence-electron chi connectivity index (χ0n) is 14.7. The number of methoxy groups -OCH3 is 2. The first-order valence-electron chi connectivity index (χ1n) is 7.82. The molecule has 5 nitrogen and oxygen atoms in total. The van der Waals surface area contributed by atoms with Crippen molar-refractivity contribution in [1.82, 2.24) is 4.72 Å². The molecule has 2 rings (SSSR count). The number of hydrogen-bond donors (Lipinski definition) is 1. The van der Waals surface area contributed by atoms with E-state index in [1.165, 1.54) is 13.2 Å². The molecule has 0 aliphatic carbocycles. The lowest BCUT2D eigenvalue weighted by molar-refractivity contribution is 0.401. The second-order valence-corrected chi connectivity index (χ2v) is 8.20. The van der Waals surface area contributed by atoms with Crippen molar-refractivity contribution in [2.45, 2.75) is 31.2 Å². The molecule has 2 aromatic rings. The number of hydrogen-bond acceptors (Lipinski definition) is 4. The number of ether oxygens (including phenoxy) is 2. The number of halogens is 1. The summed E-state index contributed by atoms with van der Waals surface area (Å²) in [4.78, 5) is 0.105. The predicted molar refractivity (Wildman–Crippen MR) is 102 cm³/mol. The average molecular weight is 428 g/mol. The minimum atomic E-state index is -3.75. The Balaban J connectivity index is 2.38. The molecule has 0 saturated carbocycles. The van der Waals surface area contributed by atoms with Crippen molar-refractivity contribution < 1.29 is 17.9 Å². The Labute approximate surface area is 157 Å². The molecule has 0 spiro atoms. The summed E-state index contributed by atoms with van der Waals surface area (Å²) in [5, 5.41) is 0. The second kappa shape index (κ2) is 8.21. The van der Waals surface area contributed by atoms with E-state index in [4.69, 9.17) is 9.47 Å². The van der Waals surface area contributed by atoms with Crippen molar-refractivity contribution in [1.29, 1.82) is 0 Å². The maximum Gasteiger partial charge on any atom is 0.244 e. The van der Waals surface area contributed by atoms with Crippen LogP contribution in [0.15, 0.2) is 45.8 Å². The minimum absolute atomic E-state index is 0.105. The van der Waals surface area contributed by atoms with Gasteiger partial charge >= 0.3 is 0 Å². The number of sulfonamides is 1. The Morgan fingerprint density at radius 3 is 2.28 bits per heavy atom. The molecule has 0 radical (unpaired) electrons. The molecular weight excluding hydrogens is 406 g/mol. The van der Waals surface area contributed by atoms with Crippen LogP contribution in [-0.2, 0) is 10.0 Å². The van der Waals surface area contributed by atoms with Crippen LogP contribution < -0.4 is 14.2 Å². The van der Waals surface area contributed by atoms with Crippen molar-refractivity contribution in [3.8, 4) is 11.5 Å². The molecule has 0 saturated heterocycles. The van der Waals surface area contributed by atoms with Crippen LogP contribution in [0.3, 0.4) is 0 Å². The van der Waals surface area contributed by atoms with Crippen LogP contribution in [0.2, 0.25) is 0 Å². The van der Waals surface area contributed by atoms with Gasteiger partial charge in [0.1, 0.15) is 16.4 Å². The molecule has 7 heteroatoms. The summed E-state index contributed by atoms with van der Waals surface area (Å²) < 4.78 is 39.7. The molecule has 25 heavy (non-hydrogen) atoms. The van der Waals surface area contributed by atoms with Crippen molar-refractivity contribution in [2.75, 3.05) is 14.2 Å². The molecular formula is C18H22BrNO4S. The first kappa shape index (κ1) is 19.8. The largest absolute Gasteiger partial charge is 0.496 e. The van der Waals surface area contributed by atoms with Gasteiger partial charge < -0.3 is 9.47 Å². The molecule has 0 bridgehead atoms. The SMILES string of the molecule is CC[C@@H](NS(=O)(=O)c1cc(Br)ccc1OC)c1ccc(OC)c(C)c1. The fraction of sp³-hybridized carbons (Fsp3) is 0.333. The van der Waals surface area contributed by atoms with E-state index >= 15 is 0 Å². The van der Waals surface area contributed by atoms with E-state index < -0.39 is 10.0 Å². The number of rotatable bonds is 7. The van der Waals surface area contributed by atoms with E-state index in [1.54, 1.807) is 19.2 Å². The van der Waals surface area contributed by atoms with E-state index in [2.05, 4.69) is 20.7 Å². The maximum absolute atomic E-state index is 12.9. The lowest BCUT2D eigenvalue weighted by Gasteiger charge is -2.20. The van der Waals surface area contributed by atoms with E-state index in [1.807, 2.05) is 32.0 Å². The lowest BCUT2D eigenvalue weighted by Crippen LogP contribution is -2.28. The van der Waals surface area contributed by atoms with Gasteiger partial charge in [0.15, 0.2) is 0 Å². The van der Waals surface area contributed by atoms with Gasteiger partial charge in [0.05, 0.1) is 14.2 Å². The predicted octanol–water partition coefficient (Wildman–Crippen LogP) is 4.20. The summed E-state index contributed by atoms with van der Waals surface area (Å²) in [6, 6.07) is 10.2. The fourth-order valence-electron chi connectivity index (χ4n) is 2.62. The average Bonchev–Trinajstić information content (AvgIpc) is 2.59. The third kappa shape index (κ3) is 4.54. The Hall–Kier alpha value is -1.57. The quantitative estimate of drug-likeness (QED) is 0.718. The van der Waals surface area contributed by atoms with Crippen LogP contribution in [0.1, 0.15) is 30.5 Å². The van der Waals surface area contributed by atoms with Crippen molar-refractivity contribution in [3.63, 3.8) is 0 Å². The van der Waals surface area contributed by atoms with E-state index in [9.17, 15) is 8.42 Å². The third-order valence-electron chi connectivity index (χ3n) is 3.94. The molecule has 136 valence electrons. The van der Waals surface area contributed by atoms with E-state index in [-0.39, 0.29) is 10.9 Å². The second-order valence-electron chi connectivity index (χ2n) is 5.61. The van der Waals surface area contributed by atoms with Gasteiger partial charge in [-0.25, -0.2) is 13.1 Å². The normalized spacial score (nSPS) is 12.7. The van der Waals surface area contributed by atoms with Crippen LogP contribution in [0.5, 0.6) is 11.5 Å². The van der Waals surface area contributed by atoms with Crippen molar-refractivity contribution in [2.24, 2.45) is 0 Å². The highest BCUT2D eigenvalue weighted by Crippen LogP contribution is 2.30. The molecule has 1 atom stereocenters. The number of benzene rings is 2. The fourth-order valence-corrected chi connectivity index (χ4v) is 4.63. The summed E-state index contributed by atoms with van der Waals surface area (Å²) in [6.45, 7) is 3.87. The van der Waals surface area contributed by atoms with Crippen LogP contribution in [0.25, 0.3) is 0 Å². The third-order valence-corrected chi connectivity index (χ3v) is 5.93. The van der Waals surface area contributed by atoms with Gasteiger partial charge in [-0.2, -0.15) is 0 Å². The van der Waals surface area contributed by atoms with Crippen LogP contribution >= 0.6 is 15.9 Å². The molecule has 0 heterocycles. The van der Waals surface area contributed by atoms with Gasteiger partial charge in [0.2, 0.25) is 10.0 Å². The zero-order chi connectivity index (χ0) is 18.6. The van der Waals surface area contributed by atoms with E-state index in [0.717, 1.165) is 16.9 Å². The molecule has 1 N–H and O–H groups in total.